The number of aryl methyl sites for hydroxylation is 1. The van der Waals surface area contributed by atoms with Gasteiger partial charge in [0.1, 0.15) is 10.6 Å². The molecular formula is C11H17NO3S. The van der Waals surface area contributed by atoms with Crippen LogP contribution in [0.4, 0.5) is 0 Å². The second kappa shape index (κ2) is 4.93. The predicted octanol–water partition coefficient (Wildman–Crippen LogP) is 2.81. The van der Waals surface area contributed by atoms with Gasteiger partial charge in [-0.3, -0.25) is 0 Å². The van der Waals surface area contributed by atoms with Gasteiger partial charge in [0.15, 0.2) is 5.69 Å². The number of nitrogens with zero attached hydrogens (tertiary/aromatic N) is 1. The van der Waals surface area contributed by atoms with Crippen LogP contribution in [0.15, 0.2) is 0 Å². The lowest BCUT2D eigenvalue weighted by Gasteiger charge is -2.25. The predicted molar refractivity (Wildman–Crippen MR) is 63.1 cm³/mol. The summed E-state index contributed by atoms with van der Waals surface area (Å²) >= 11 is 1.40. The Morgan fingerprint density at radius 1 is 1.56 bits per heavy atom. The van der Waals surface area contributed by atoms with Gasteiger partial charge in [0, 0.05) is 11.5 Å². The third-order valence-corrected chi connectivity index (χ3v) is 3.81. The zero-order valence-corrected chi connectivity index (χ0v) is 10.8. The first kappa shape index (κ1) is 13.1. The Morgan fingerprint density at radius 3 is 2.56 bits per heavy atom. The standard InChI is InChI=1S/C11H17NO3S/c1-5-11(4,15-6-2)10-12-8(9(13)14)7(3)16-10/h5-6H2,1-4H3,(H,13,14). The minimum absolute atomic E-state index is 0.138. The van der Waals surface area contributed by atoms with Crippen molar-refractivity contribution in [3.63, 3.8) is 0 Å². The van der Waals surface area contributed by atoms with E-state index in [0.29, 0.717) is 6.61 Å². The van der Waals surface area contributed by atoms with E-state index < -0.39 is 11.6 Å². The minimum atomic E-state index is -0.977. The van der Waals surface area contributed by atoms with Gasteiger partial charge in [-0.2, -0.15) is 0 Å². The zero-order valence-electron chi connectivity index (χ0n) is 10.0. The Hall–Kier alpha value is -0.940. The second-order valence-corrected chi connectivity index (χ2v) is 4.95. The van der Waals surface area contributed by atoms with Crippen molar-refractivity contribution in [2.45, 2.75) is 39.7 Å². The second-order valence-electron chi connectivity index (χ2n) is 3.75. The van der Waals surface area contributed by atoms with Crippen molar-refractivity contribution >= 4 is 17.3 Å². The van der Waals surface area contributed by atoms with E-state index in [1.165, 1.54) is 11.3 Å². The Kier molecular flexibility index (Phi) is 4.04. The summed E-state index contributed by atoms with van der Waals surface area (Å²) in [5, 5.41) is 9.69. The number of ether oxygens (including phenoxy) is 1. The van der Waals surface area contributed by atoms with Crippen LogP contribution in [0.5, 0.6) is 0 Å². The molecule has 1 rings (SSSR count). The van der Waals surface area contributed by atoms with E-state index in [-0.39, 0.29) is 5.69 Å². The highest BCUT2D eigenvalue weighted by Gasteiger charge is 2.30. The van der Waals surface area contributed by atoms with Gasteiger partial charge in [0.25, 0.3) is 0 Å². The molecule has 1 atom stereocenters. The van der Waals surface area contributed by atoms with E-state index in [4.69, 9.17) is 9.84 Å². The normalized spacial score (nSPS) is 14.8. The first-order valence-corrected chi connectivity index (χ1v) is 6.11. The molecule has 0 aliphatic carbocycles. The molecule has 1 aromatic rings. The fourth-order valence-corrected chi connectivity index (χ4v) is 2.53. The van der Waals surface area contributed by atoms with Crippen LogP contribution in [0, 0.1) is 6.92 Å². The first-order valence-electron chi connectivity index (χ1n) is 5.29. The van der Waals surface area contributed by atoms with Crippen molar-refractivity contribution in [3.05, 3.63) is 15.6 Å². The highest BCUT2D eigenvalue weighted by molar-refractivity contribution is 7.12. The number of hydrogen-bond acceptors (Lipinski definition) is 4. The van der Waals surface area contributed by atoms with E-state index in [2.05, 4.69) is 4.98 Å². The molecule has 0 amide bonds. The molecule has 0 saturated heterocycles. The van der Waals surface area contributed by atoms with Gasteiger partial charge >= 0.3 is 5.97 Å². The third kappa shape index (κ3) is 2.41. The SMILES string of the molecule is CCOC(C)(CC)c1nc(C(=O)O)c(C)s1. The minimum Gasteiger partial charge on any atom is -0.476 e. The Balaban J connectivity index is 3.12. The molecule has 0 radical (unpaired) electrons. The highest BCUT2D eigenvalue weighted by Crippen LogP contribution is 2.33. The quantitative estimate of drug-likeness (QED) is 0.863. The van der Waals surface area contributed by atoms with Crippen LogP contribution in [0.3, 0.4) is 0 Å². The van der Waals surface area contributed by atoms with E-state index >= 15 is 0 Å². The van der Waals surface area contributed by atoms with Gasteiger partial charge in [-0.25, -0.2) is 9.78 Å². The molecule has 1 aromatic heterocycles. The molecule has 0 aliphatic rings. The van der Waals surface area contributed by atoms with Crippen LogP contribution in [0.25, 0.3) is 0 Å². The number of carboxylic acid groups (broad SMARTS) is 1. The van der Waals surface area contributed by atoms with Crippen molar-refractivity contribution in [2.75, 3.05) is 6.61 Å². The van der Waals surface area contributed by atoms with E-state index in [1.54, 1.807) is 6.92 Å². The molecule has 0 spiro atoms. The number of rotatable bonds is 5. The summed E-state index contributed by atoms with van der Waals surface area (Å²) in [6.45, 7) is 8.23. The maximum absolute atomic E-state index is 10.9. The van der Waals surface area contributed by atoms with Crippen LogP contribution in [0.2, 0.25) is 0 Å². The van der Waals surface area contributed by atoms with Gasteiger partial charge in [0.2, 0.25) is 0 Å². The fourth-order valence-electron chi connectivity index (χ4n) is 1.45. The van der Waals surface area contributed by atoms with Crippen LogP contribution >= 0.6 is 11.3 Å². The molecule has 1 heterocycles. The van der Waals surface area contributed by atoms with Crippen molar-refractivity contribution in [1.29, 1.82) is 0 Å². The number of carboxylic acids is 1. The summed E-state index contributed by atoms with van der Waals surface area (Å²) < 4.78 is 5.67. The Labute approximate surface area is 99.3 Å². The fraction of sp³-hybridized carbons (Fsp3) is 0.636. The molecule has 0 saturated carbocycles. The molecule has 90 valence electrons. The average molecular weight is 243 g/mol. The smallest absolute Gasteiger partial charge is 0.355 e. The lowest BCUT2D eigenvalue weighted by Crippen LogP contribution is -2.25. The molecular weight excluding hydrogens is 226 g/mol. The van der Waals surface area contributed by atoms with Crippen molar-refractivity contribution in [1.82, 2.24) is 4.98 Å². The Morgan fingerprint density at radius 2 is 2.19 bits per heavy atom. The van der Waals surface area contributed by atoms with Gasteiger partial charge in [-0.15, -0.1) is 11.3 Å². The molecule has 0 fully saturated rings. The molecule has 0 bridgehead atoms. The molecule has 4 nitrogen and oxygen atoms in total. The first-order chi connectivity index (χ1) is 7.44. The highest BCUT2D eigenvalue weighted by atomic mass is 32.1. The number of aromatic nitrogens is 1. The third-order valence-electron chi connectivity index (χ3n) is 2.59. The Bertz CT molecular complexity index is 389. The lowest BCUT2D eigenvalue weighted by molar-refractivity contribution is -0.0325. The van der Waals surface area contributed by atoms with Crippen molar-refractivity contribution in [2.24, 2.45) is 0 Å². The number of thiazole rings is 1. The summed E-state index contributed by atoms with van der Waals surface area (Å²) in [5.74, 6) is -0.977. The number of carbonyl (C=O) groups is 1. The van der Waals surface area contributed by atoms with Gasteiger partial charge in [-0.1, -0.05) is 6.92 Å². The van der Waals surface area contributed by atoms with Crippen LogP contribution in [0.1, 0.15) is 47.6 Å². The van der Waals surface area contributed by atoms with E-state index in [9.17, 15) is 4.79 Å². The molecule has 0 aromatic carbocycles. The topological polar surface area (TPSA) is 59.4 Å². The summed E-state index contributed by atoms with van der Waals surface area (Å²) in [6, 6.07) is 0. The average Bonchev–Trinajstić information content (AvgIpc) is 2.61. The van der Waals surface area contributed by atoms with Gasteiger partial charge in [-0.05, 0) is 27.2 Å². The van der Waals surface area contributed by atoms with E-state index in [1.807, 2.05) is 20.8 Å². The summed E-state index contributed by atoms with van der Waals surface area (Å²) in [4.78, 5) is 15.8. The summed E-state index contributed by atoms with van der Waals surface area (Å²) in [6.07, 6.45) is 0.771. The van der Waals surface area contributed by atoms with Crippen LogP contribution < -0.4 is 0 Å². The maximum Gasteiger partial charge on any atom is 0.355 e. The van der Waals surface area contributed by atoms with Crippen LogP contribution in [-0.2, 0) is 10.3 Å². The molecule has 1 unspecified atom stereocenters. The number of hydrogen-bond donors (Lipinski definition) is 1. The molecule has 5 heteroatoms. The number of aromatic carboxylic acids is 1. The monoisotopic (exact) mass is 243 g/mol. The zero-order chi connectivity index (χ0) is 12.3. The lowest BCUT2D eigenvalue weighted by atomic mass is 10.0. The van der Waals surface area contributed by atoms with Crippen molar-refractivity contribution in [3.8, 4) is 0 Å². The van der Waals surface area contributed by atoms with Gasteiger partial charge < -0.3 is 9.84 Å². The van der Waals surface area contributed by atoms with E-state index in [0.717, 1.165) is 16.3 Å². The maximum atomic E-state index is 10.9. The van der Waals surface area contributed by atoms with Gasteiger partial charge in [0.05, 0.1) is 0 Å². The molecule has 16 heavy (non-hydrogen) atoms. The van der Waals surface area contributed by atoms with Crippen LogP contribution in [-0.4, -0.2) is 22.7 Å². The summed E-state index contributed by atoms with van der Waals surface area (Å²) in [7, 11) is 0. The largest absolute Gasteiger partial charge is 0.476 e. The molecule has 1 N–H and O–H groups in total. The van der Waals surface area contributed by atoms with Crippen molar-refractivity contribution < 1.29 is 14.6 Å². The molecule has 0 aliphatic heterocycles. The summed E-state index contributed by atoms with van der Waals surface area (Å²) in [5.41, 5.74) is -0.336.